The maximum atomic E-state index is 12.5. The van der Waals surface area contributed by atoms with E-state index in [1.165, 1.54) is 6.20 Å². The summed E-state index contributed by atoms with van der Waals surface area (Å²) in [5.41, 5.74) is 1.44. The van der Waals surface area contributed by atoms with E-state index >= 15 is 0 Å². The van der Waals surface area contributed by atoms with E-state index in [2.05, 4.69) is 19.9 Å². The Morgan fingerprint density at radius 3 is 2.68 bits per heavy atom. The fourth-order valence-corrected chi connectivity index (χ4v) is 3.12. The second kappa shape index (κ2) is 8.00. The van der Waals surface area contributed by atoms with Crippen LogP contribution in [0.1, 0.15) is 35.4 Å². The molecule has 7 heteroatoms. The lowest BCUT2D eigenvalue weighted by atomic mass is 9.95. The Kier molecular flexibility index (Phi) is 5.53. The van der Waals surface area contributed by atoms with Crippen molar-refractivity contribution in [2.45, 2.75) is 25.7 Å². The summed E-state index contributed by atoms with van der Waals surface area (Å²) in [6, 6.07) is 0. The summed E-state index contributed by atoms with van der Waals surface area (Å²) in [7, 11) is 3.91. The van der Waals surface area contributed by atoms with Crippen LogP contribution in [0.4, 0.5) is 5.82 Å². The second-order valence-corrected chi connectivity index (χ2v) is 6.64. The van der Waals surface area contributed by atoms with Crippen molar-refractivity contribution in [2.24, 2.45) is 5.92 Å². The van der Waals surface area contributed by atoms with Crippen molar-refractivity contribution in [3.63, 3.8) is 0 Å². The van der Waals surface area contributed by atoms with Gasteiger partial charge in [0.15, 0.2) is 0 Å². The van der Waals surface area contributed by atoms with Crippen molar-refractivity contribution in [2.75, 3.05) is 32.1 Å². The van der Waals surface area contributed by atoms with E-state index in [1.54, 1.807) is 12.4 Å². The number of hydrogen-bond acceptors (Lipinski definition) is 6. The van der Waals surface area contributed by atoms with Gasteiger partial charge in [-0.3, -0.25) is 14.8 Å². The third-order valence-corrected chi connectivity index (χ3v) is 4.56. The van der Waals surface area contributed by atoms with E-state index in [9.17, 15) is 4.79 Å². The van der Waals surface area contributed by atoms with Crippen molar-refractivity contribution >= 4 is 11.7 Å². The molecule has 3 rings (SSSR count). The number of aromatic nitrogens is 4. The van der Waals surface area contributed by atoms with Gasteiger partial charge in [0.05, 0.1) is 24.3 Å². The van der Waals surface area contributed by atoms with Crippen LogP contribution in [-0.4, -0.2) is 57.9 Å². The first-order valence-electron chi connectivity index (χ1n) is 8.67. The van der Waals surface area contributed by atoms with Gasteiger partial charge in [-0.1, -0.05) is 0 Å². The largest absolute Gasteiger partial charge is 0.361 e. The zero-order valence-electron chi connectivity index (χ0n) is 14.8. The number of likely N-dealkylation sites (tertiary alicyclic amines) is 1. The molecule has 1 atom stereocenters. The molecule has 0 aromatic carbocycles. The lowest BCUT2D eigenvalue weighted by Gasteiger charge is -2.20. The van der Waals surface area contributed by atoms with E-state index in [0.717, 1.165) is 50.3 Å². The van der Waals surface area contributed by atoms with Crippen LogP contribution in [0.25, 0.3) is 0 Å². The van der Waals surface area contributed by atoms with E-state index in [0.29, 0.717) is 11.6 Å². The summed E-state index contributed by atoms with van der Waals surface area (Å²) >= 11 is 0. The molecule has 0 N–H and O–H groups in total. The molecule has 25 heavy (non-hydrogen) atoms. The Morgan fingerprint density at radius 2 is 2.00 bits per heavy atom. The Bertz CT molecular complexity index is 688. The van der Waals surface area contributed by atoms with Crippen LogP contribution >= 0.6 is 0 Å². The van der Waals surface area contributed by atoms with Gasteiger partial charge in [-0.25, -0.2) is 9.97 Å². The van der Waals surface area contributed by atoms with Crippen LogP contribution < -0.4 is 4.90 Å². The molecule has 1 amide bonds. The first-order chi connectivity index (χ1) is 12.1. The monoisotopic (exact) mass is 340 g/mol. The molecular weight excluding hydrogens is 316 g/mol. The molecule has 1 aliphatic rings. The normalized spacial score (nSPS) is 17.8. The standard InChI is InChI=1S/C18H24N6O/c1-23(2)17-13-21-15(11-22-17)10-14-4-3-8-24(9-5-14)18(25)16-12-19-6-7-20-16/h6-7,11-14H,3-5,8-10H2,1-2H3. The molecule has 3 heterocycles. The van der Waals surface area contributed by atoms with E-state index in [4.69, 9.17) is 0 Å². The average Bonchev–Trinajstić information content (AvgIpc) is 2.88. The van der Waals surface area contributed by atoms with Gasteiger partial charge >= 0.3 is 0 Å². The van der Waals surface area contributed by atoms with Gasteiger partial charge in [-0.15, -0.1) is 0 Å². The van der Waals surface area contributed by atoms with Crippen molar-refractivity contribution in [1.82, 2.24) is 24.8 Å². The zero-order chi connectivity index (χ0) is 17.6. The molecule has 0 aliphatic carbocycles. The Morgan fingerprint density at radius 1 is 1.12 bits per heavy atom. The van der Waals surface area contributed by atoms with Crippen molar-refractivity contribution in [3.05, 3.63) is 42.4 Å². The van der Waals surface area contributed by atoms with Crippen LogP contribution in [0, 0.1) is 5.92 Å². The van der Waals surface area contributed by atoms with Crippen LogP contribution in [-0.2, 0) is 6.42 Å². The second-order valence-electron chi connectivity index (χ2n) is 6.64. The van der Waals surface area contributed by atoms with Crippen LogP contribution in [0.5, 0.6) is 0 Å². The summed E-state index contributed by atoms with van der Waals surface area (Å²) in [6.45, 7) is 1.53. The zero-order valence-corrected chi connectivity index (χ0v) is 14.8. The van der Waals surface area contributed by atoms with Gasteiger partial charge in [0.2, 0.25) is 0 Å². The van der Waals surface area contributed by atoms with Crippen molar-refractivity contribution in [1.29, 1.82) is 0 Å². The predicted octanol–water partition coefficient (Wildman–Crippen LogP) is 1.82. The highest BCUT2D eigenvalue weighted by molar-refractivity contribution is 5.91. The molecule has 0 bridgehead atoms. The summed E-state index contributed by atoms with van der Waals surface area (Å²) in [4.78, 5) is 33.4. The fraction of sp³-hybridized carbons (Fsp3) is 0.500. The predicted molar refractivity (Wildman–Crippen MR) is 95.3 cm³/mol. The summed E-state index contributed by atoms with van der Waals surface area (Å²) in [6.07, 6.45) is 12.3. The molecule has 1 unspecified atom stereocenters. The molecule has 132 valence electrons. The number of carbonyl (C=O) groups excluding carboxylic acids is 1. The van der Waals surface area contributed by atoms with Gasteiger partial charge in [0.1, 0.15) is 11.5 Å². The van der Waals surface area contributed by atoms with Crippen LogP contribution in [0.15, 0.2) is 31.0 Å². The Hall–Kier alpha value is -2.57. The maximum Gasteiger partial charge on any atom is 0.274 e. The lowest BCUT2D eigenvalue weighted by molar-refractivity contribution is 0.0753. The highest BCUT2D eigenvalue weighted by atomic mass is 16.2. The Balaban J connectivity index is 1.57. The number of rotatable bonds is 4. The Labute approximate surface area is 148 Å². The summed E-state index contributed by atoms with van der Waals surface area (Å²) in [5.74, 6) is 1.37. The molecule has 0 saturated carbocycles. The van der Waals surface area contributed by atoms with Crippen LogP contribution in [0.2, 0.25) is 0 Å². The molecule has 2 aromatic rings. The SMILES string of the molecule is CN(C)c1cnc(CC2CCCN(C(=O)c3cnccn3)CC2)cn1. The molecule has 0 spiro atoms. The van der Waals surface area contributed by atoms with Crippen molar-refractivity contribution < 1.29 is 4.79 Å². The van der Waals surface area contributed by atoms with Gasteiger partial charge in [-0.05, 0) is 31.6 Å². The third-order valence-electron chi connectivity index (χ3n) is 4.56. The first-order valence-corrected chi connectivity index (χ1v) is 8.67. The fourth-order valence-electron chi connectivity index (χ4n) is 3.12. The van der Waals surface area contributed by atoms with E-state index in [1.807, 2.05) is 36.3 Å². The number of anilines is 1. The van der Waals surface area contributed by atoms with Gasteiger partial charge < -0.3 is 9.80 Å². The average molecular weight is 340 g/mol. The number of amides is 1. The number of hydrogen-bond donors (Lipinski definition) is 0. The highest BCUT2D eigenvalue weighted by Crippen LogP contribution is 2.22. The molecule has 0 radical (unpaired) electrons. The molecule has 1 saturated heterocycles. The van der Waals surface area contributed by atoms with Crippen molar-refractivity contribution in [3.8, 4) is 0 Å². The number of carbonyl (C=O) groups is 1. The molecule has 1 fully saturated rings. The van der Waals surface area contributed by atoms with Gasteiger partial charge in [-0.2, -0.15) is 0 Å². The maximum absolute atomic E-state index is 12.5. The first kappa shape index (κ1) is 17.3. The topological polar surface area (TPSA) is 75.1 Å². The molecular formula is C18H24N6O. The quantitative estimate of drug-likeness (QED) is 0.845. The minimum atomic E-state index is -0.0242. The minimum Gasteiger partial charge on any atom is -0.361 e. The molecule has 7 nitrogen and oxygen atoms in total. The van der Waals surface area contributed by atoms with E-state index in [-0.39, 0.29) is 5.91 Å². The number of nitrogens with zero attached hydrogens (tertiary/aromatic N) is 6. The van der Waals surface area contributed by atoms with Gasteiger partial charge in [0, 0.05) is 39.6 Å². The molecule has 1 aliphatic heterocycles. The molecule has 2 aromatic heterocycles. The van der Waals surface area contributed by atoms with Gasteiger partial charge in [0.25, 0.3) is 5.91 Å². The highest BCUT2D eigenvalue weighted by Gasteiger charge is 2.23. The lowest BCUT2D eigenvalue weighted by Crippen LogP contribution is -2.32. The van der Waals surface area contributed by atoms with Crippen LogP contribution in [0.3, 0.4) is 0 Å². The van der Waals surface area contributed by atoms with E-state index < -0.39 is 0 Å². The minimum absolute atomic E-state index is 0.0242. The smallest absolute Gasteiger partial charge is 0.274 e. The summed E-state index contributed by atoms with van der Waals surface area (Å²) < 4.78 is 0. The summed E-state index contributed by atoms with van der Waals surface area (Å²) in [5, 5.41) is 0. The third kappa shape index (κ3) is 4.49.